The van der Waals surface area contributed by atoms with Gasteiger partial charge in [-0.05, 0) is 38.1 Å². The lowest BCUT2D eigenvalue weighted by Crippen LogP contribution is -2.56. The van der Waals surface area contributed by atoms with Crippen molar-refractivity contribution < 1.29 is 4.79 Å². The van der Waals surface area contributed by atoms with Gasteiger partial charge in [-0.25, -0.2) is 4.68 Å². The van der Waals surface area contributed by atoms with Crippen LogP contribution < -0.4 is 0 Å². The number of benzene rings is 1. The zero-order valence-corrected chi connectivity index (χ0v) is 10.7. The summed E-state index contributed by atoms with van der Waals surface area (Å²) < 4.78 is 1.87. The van der Waals surface area contributed by atoms with E-state index >= 15 is 0 Å². The van der Waals surface area contributed by atoms with Gasteiger partial charge in [-0.15, -0.1) is 5.10 Å². The summed E-state index contributed by atoms with van der Waals surface area (Å²) in [5.74, 6) is 0.682. The van der Waals surface area contributed by atoms with Gasteiger partial charge in [0.1, 0.15) is 5.52 Å². The molecule has 0 radical (unpaired) electrons. The molecule has 0 N–H and O–H groups in total. The molecule has 2 bridgehead atoms. The summed E-state index contributed by atoms with van der Waals surface area (Å²) in [6.45, 7) is 2.73. The van der Waals surface area contributed by atoms with E-state index in [1.807, 2.05) is 28.9 Å². The summed E-state index contributed by atoms with van der Waals surface area (Å²) in [5, 5.41) is 8.35. The maximum atomic E-state index is 12.3. The van der Waals surface area contributed by atoms with E-state index < -0.39 is 0 Å². The van der Waals surface area contributed by atoms with Crippen molar-refractivity contribution in [2.75, 3.05) is 13.1 Å². The van der Waals surface area contributed by atoms with E-state index in [2.05, 4.69) is 15.2 Å². The van der Waals surface area contributed by atoms with Crippen LogP contribution in [0.25, 0.3) is 11.0 Å². The van der Waals surface area contributed by atoms with Gasteiger partial charge >= 0.3 is 0 Å². The number of carbonyl (C=O) groups is 1. The van der Waals surface area contributed by atoms with Gasteiger partial charge in [0.25, 0.3) is 0 Å². The molecule has 5 heteroatoms. The van der Waals surface area contributed by atoms with E-state index in [4.69, 9.17) is 0 Å². The molecule has 5 rings (SSSR count). The molecule has 19 heavy (non-hydrogen) atoms. The van der Waals surface area contributed by atoms with Gasteiger partial charge in [0.15, 0.2) is 5.78 Å². The summed E-state index contributed by atoms with van der Waals surface area (Å²) >= 11 is 0. The molecule has 0 aliphatic carbocycles. The van der Waals surface area contributed by atoms with Gasteiger partial charge in [-0.3, -0.25) is 9.69 Å². The smallest absolute Gasteiger partial charge is 0.155 e. The van der Waals surface area contributed by atoms with Gasteiger partial charge in [0.2, 0.25) is 0 Å². The largest absolute Gasteiger partial charge is 0.298 e. The highest BCUT2D eigenvalue weighted by molar-refractivity contribution is 5.88. The van der Waals surface area contributed by atoms with Crippen LogP contribution in [0.2, 0.25) is 0 Å². The number of rotatable bonds is 2. The molecule has 1 atom stereocenters. The Morgan fingerprint density at radius 1 is 1.21 bits per heavy atom. The van der Waals surface area contributed by atoms with E-state index in [0.717, 1.165) is 37.0 Å². The quantitative estimate of drug-likeness (QED) is 0.807. The number of aromatic nitrogens is 3. The first-order valence-electron chi connectivity index (χ1n) is 6.89. The third kappa shape index (κ3) is 1.69. The Labute approximate surface area is 111 Å². The molecule has 98 valence electrons. The average Bonchev–Trinajstić information content (AvgIpc) is 2.87. The summed E-state index contributed by atoms with van der Waals surface area (Å²) in [4.78, 5) is 14.7. The lowest BCUT2D eigenvalue weighted by Gasteiger charge is -2.43. The minimum atomic E-state index is -0.00222. The Kier molecular flexibility index (Phi) is 2.41. The minimum absolute atomic E-state index is 0.00222. The summed E-state index contributed by atoms with van der Waals surface area (Å²) in [6.07, 6.45) is 2.07. The molecule has 1 aromatic carbocycles. The number of nitrogens with zero attached hydrogens (tertiary/aromatic N) is 4. The van der Waals surface area contributed by atoms with Crippen LogP contribution in [0.4, 0.5) is 0 Å². The summed E-state index contributed by atoms with van der Waals surface area (Å²) in [7, 11) is 0. The number of ketones is 1. The molecule has 3 saturated heterocycles. The van der Waals surface area contributed by atoms with Gasteiger partial charge in [-0.2, -0.15) is 0 Å². The molecule has 3 aliphatic rings. The third-order valence-corrected chi connectivity index (χ3v) is 4.47. The van der Waals surface area contributed by atoms with Crippen molar-refractivity contribution in [3.8, 4) is 0 Å². The Bertz CT molecular complexity index is 627. The highest BCUT2D eigenvalue weighted by atomic mass is 16.1. The molecule has 0 amide bonds. The van der Waals surface area contributed by atoms with E-state index in [0.29, 0.717) is 12.3 Å². The molecule has 5 nitrogen and oxygen atoms in total. The number of Topliss-reactive ketones (excluding diaryl/α,β-unsaturated/α-hetero) is 1. The monoisotopic (exact) mass is 256 g/mol. The predicted octanol–water partition coefficient (Wildman–Crippen LogP) is 1.09. The second-order valence-corrected chi connectivity index (χ2v) is 5.49. The lowest BCUT2D eigenvalue weighted by molar-refractivity contribution is -0.137. The third-order valence-electron chi connectivity index (χ3n) is 4.47. The van der Waals surface area contributed by atoms with Crippen LogP contribution in [0, 0.1) is 5.92 Å². The SMILES string of the molecule is O=C1C2CCN(CC2)C1Cn1nnc2ccccc21. The second kappa shape index (κ2) is 4.13. The Balaban J connectivity index is 1.66. The van der Waals surface area contributed by atoms with Crippen LogP contribution in [0.5, 0.6) is 0 Å². The maximum absolute atomic E-state index is 12.3. The zero-order valence-electron chi connectivity index (χ0n) is 10.7. The number of para-hydroxylation sites is 1. The Morgan fingerprint density at radius 3 is 2.79 bits per heavy atom. The normalized spacial score (nSPS) is 30.1. The van der Waals surface area contributed by atoms with E-state index in [9.17, 15) is 4.79 Å². The standard InChI is InChI=1S/C14H16N4O/c19-14-10-5-7-17(8-6-10)13(14)9-18-12-4-2-1-3-11(12)15-16-18/h1-4,10,13H,5-9H2. The van der Waals surface area contributed by atoms with E-state index in [-0.39, 0.29) is 12.0 Å². The second-order valence-electron chi connectivity index (χ2n) is 5.49. The van der Waals surface area contributed by atoms with Crippen molar-refractivity contribution in [1.82, 2.24) is 19.9 Å². The highest BCUT2D eigenvalue weighted by Crippen LogP contribution is 2.30. The first-order chi connectivity index (χ1) is 9.33. The van der Waals surface area contributed by atoms with Crippen molar-refractivity contribution in [3.63, 3.8) is 0 Å². The van der Waals surface area contributed by atoms with Crippen molar-refractivity contribution >= 4 is 16.8 Å². The number of hydrogen-bond donors (Lipinski definition) is 0. The fourth-order valence-electron chi connectivity index (χ4n) is 3.37. The fraction of sp³-hybridized carbons (Fsp3) is 0.500. The predicted molar refractivity (Wildman–Crippen MR) is 70.6 cm³/mol. The highest BCUT2D eigenvalue weighted by Gasteiger charge is 2.41. The molecule has 4 heterocycles. The molecule has 0 spiro atoms. The number of carbonyl (C=O) groups excluding carboxylic acids is 1. The number of hydrogen-bond acceptors (Lipinski definition) is 4. The van der Waals surface area contributed by atoms with Crippen LogP contribution in [0.15, 0.2) is 24.3 Å². The zero-order chi connectivity index (χ0) is 12.8. The average molecular weight is 256 g/mol. The summed E-state index contributed by atoms with van der Waals surface area (Å²) in [5.41, 5.74) is 1.91. The minimum Gasteiger partial charge on any atom is -0.298 e. The molecule has 1 aromatic heterocycles. The van der Waals surface area contributed by atoms with E-state index in [1.54, 1.807) is 0 Å². The van der Waals surface area contributed by atoms with Crippen molar-refractivity contribution in [1.29, 1.82) is 0 Å². The molecule has 3 fully saturated rings. The fourth-order valence-corrected chi connectivity index (χ4v) is 3.37. The number of fused-ring (bicyclic) bond motifs is 4. The topological polar surface area (TPSA) is 51.0 Å². The first-order valence-corrected chi connectivity index (χ1v) is 6.89. The molecule has 0 saturated carbocycles. The van der Waals surface area contributed by atoms with Gasteiger partial charge < -0.3 is 0 Å². The van der Waals surface area contributed by atoms with Crippen LogP contribution >= 0.6 is 0 Å². The maximum Gasteiger partial charge on any atom is 0.155 e. The summed E-state index contributed by atoms with van der Waals surface area (Å²) in [6, 6.07) is 7.90. The van der Waals surface area contributed by atoms with Crippen LogP contribution in [0.3, 0.4) is 0 Å². The van der Waals surface area contributed by atoms with E-state index in [1.165, 1.54) is 0 Å². The first kappa shape index (κ1) is 11.1. The Hall–Kier alpha value is -1.75. The molecular formula is C14H16N4O. The van der Waals surface area contributed by atoms with Crippen LogP contribution in [-0.2, 0) is 11.3 Å². The van der Waals surface area contributed by atoms with Crippen molar-refractivity contribution in [3.05, 3.63) is 24.3 Å². The van der Waals surface area contributed by atoms with Crippen molar-refractivity contribution in [2.24, 2.45) is 5.92 Å². The number of piperidine rings is 3. The van der Waals surface area contributed by atoms with Crippen LogP contribution in [-0.4, -0.2) is 44.8 Å². The molecule has 3 aliphatic heterocycles. The van der Waals surface area contributed by atoms with Gasteiger partial charge in [-0.1, -0.05) is 17.3 Å². The van der Waals surface area contributed by atoms with Gasteiger partial charge in [0, 0.05) is 5.92 Å². The van der Waals surface area contributed by atoms with Crippen molar-refractivity contribution in [2.45, 2.75) is 25.4 Å². The van der Waals surface area contributed by atoms with Gasteiger partial charge in [0.05, 0.1) is 18.1 Å². The molecular weight excluding hydrogens is 240 g/mol. The molecule has 2 aromatic rings. The molecule has 1 unspecified atom stereocenters. The Morgan fingerprint density at radius 2 is 2.00 bits per heavy atom. The lowest BCUT2D eigenvalue weighted by atomic mass is 9.82. The van der Waals surface area contributed by atoms with Crippen LogP contribution in [0.1, 0.15) is 12.8 Å².